The first-order valence-electron chi connectivity index (χ1n) is 5.63. The van der Waals surface area contributed by atoms with Crippen LogP contribution in [0.1, 0.15) is 37.9 Å². The average Bonchev–Trinajstić information content (AvgIpc) is 2.27. The zero-order valence-electron chi connectivity index (χ0n) is 9.80. The van der Waals surface area contributed by atoms with Crippen molar-refractivity contribution in [2.24, 2.45) is 0 Å². The van der Waals surface area contributed by atoms with Crippen molar-refractivity contribution in [2.75, 3.05) is 6.61 Å². The van der Waals surface area contributed by atoms with Gasteiger partial charge in [-0.25, -0.2) is 0 Å². The molecule has 3 nitrogen and oxygen atoms in total. The number of benzene rings is 1. The van der Waals surface area contributed by atoms with Crippen LogP contribution >= 0.6 is 7.60 Å². The summed E-state index contributed by atoms with van der Waals surface area (Å²) in [5.74, 6) is 0. The third-order valence-electron chi connectivity index (χ3n) is 2.45. The maximum atomic E-state index is 12.0. The third-order valence-corrected chi connectivity index (χ3v) is 4.43. The summed E-state index contributed by atoms with van der Waals surface area (Å²) in [6, 6.07) is 9.41. The van der Waals surface area contributed by atoms with E-state index in [-0.39, 0.29) is 6.61 Å². The van der Waals surface area contributed by atoms with Crippen LogP contribution in [-0.2, 0) is 9.09 Å². The molecule has 0 saturated heterocycles. The highest BCUT2D eigenvalue weighted by atomic mass is 31.2. The van der Waals surface area contributed by atoms with Crippen molar-refractivity contribution in [1.82, 2.24) is 0 Å². The minimum atomic E-state index is -3.54. The molecule has 0 saturated carbocycles. The summed E-state index contributed by atoms with van der Waals surface area (Å²) in [6.07, 6.45) is 1.52. The van der Waals surface area contributed by atoms with E-state index < -0.39 is 13.3 Å². The molecule has 1 aromatic rings. The maximum absolute atomic E-state index is 12.0. The van der Waals surface area contributed by atoms with Crippen molar-refractivity contribution >= 4 is 7.60 Å². The molecule has 0 bridgehead atoms. The molecule has 1 aromatic carbocycles. The summed E-state index contributed by atoms with van der Waals surface area (Å²) in [5, 5.41) is 0. The lowest BCUT2D eigenvalue weighted by atomic mass is 10.1. The molecular formula is C12H19O3P. The second kappa shape index (κ2) is 6.19. The van der Waals surface area contributed by atoms with Gasteiger partial charge in [0.15, 0.2) is 0 Å². The number of hydrogen-bond donors (Lipinski definition) is 1. The van der Waals surface area contributed by atoms with Crippen LogP contribution < -0.4 is 0 Å². The van der Waals surface area contributed by atoms with E-state index in [1.807, 2.05) is 37.3 Å². The summed E-state index contributed by atoms with van der Waals surface area (Å²) in [4.78, 5) is 9.89. The molecular weight excluding hydrogens is 223 g/mol. The summed E-state index contributed by atoms with van der Waals surface area (Å²) in [7, 11) is -3.54. The van der Waals surface area contributed by atoms with Gasteiger partial charge in [0.1, 0.15) is 0 Å². The molecule has 2 unspecified atom stereocenters. The van der Waals surface area contributed by atoms with Crippen molar-refractivity contribution < 1.29 is 14.0 Å². The van der Waals surface area contributed by atoms with Crippen LogP contribution in [0, 0.1) is 0 Å². The van der Waals surface area contributed by atoms with Crippen molar-refractivity contribution in [1.29, 1.82) is 0 Å². The van der Waals surface area contributed by atoms with Gasteiger partial charge in [-0.3, -0.25) is 4.57 Å². The van der Waals surface area contributed by atoms with Gasteiger partial charge in [-0.05, 0) is 18.9 Å². The van der Waals surface area contributed by atoms with Gasteiger partial charge >= 0.3 is 7.60 Å². The van der Waals surface area contributed by atoms with Crippen LogP contribution in [0.15, 0.2) is 30.3 Å². The van der Waals surface area contributed by atoms with Crippen molar-refractivity contribution in [2.45, 2.75) is 32.3 Å². The van der Waals surface area contributed by atoms with E-state index in [1.165, 1.54) is 0 Å². The van der Waals surface area contributed by atoms with Gasteiger partial charge in [0, 0.05) is 0 Å². The lowest BCUT2D eigenvalue weighted by Crippen LogP contribution is -2.03. The quantitative estimate of drug-likeness (QED) is 0.773. The number of hydrogen-bond acceptors (Lipinski definition) is 2. The van der Waals surface area contributed by atoms with E-state index >= 15 is 0 Å². The highest BCUT2D eigenvalue weighted by Gasteiger charge is 2.32. The molecule has 2 atom stereocenters. The van der Waals surface area contributed by atoms with E-state index in [4.69, 9.17) is 4.52 Å². The van der Waals surface area contributed by atoms with Crippen LogP contribution in [0.4, 0.5) is 0 Å². The first-order valence-corrected chi connectivity index (χ1v) is 7.28. The van der Waals surface area contributed by atoms with E-state index in [1.54, 1.807) is 6.92 Å². The molecule has 0 aliphatic rings. The predicted octanol–water partition coefficient (Wildman–Crippen LogP) is 3.75. The third kappa shape index (κ3) is 3.44. The molecule has 0 aromatic heterocycles. The molecule has 0 aliphatic heterocycles. The van der Waals surface area contributed by atoms with Crippen molar-refractivity contribution in [3.63, 3.8) is 0 Å². The molecule has 1 N–H and O–H groups in total. The zero-order valence-corrected chi connectivity index (χ0v) is 10.7. The van der Waals surface area contributed by atoms with Gasteiger partial charge in [-0.15, -0.1) is 0 Å². The van der Waals surface area contributed by atoms with Gasteiger partial charge in [0.2, 0.25) is 0 Å². The largest absolute Gasteiger partial charge is 0.335 e. The topological polar surface area (TPSA) is 46.5 Å². The first kappa shape index (κ1) is 13.4. The van der Waals surface area contributed by atoms with Crippen molar-refractivity contribution in [3.8, 4) is 0 Å². The Balaban J connectivity index is 2.95. The van der Waals surface area contributed by atoms with Gasteiger partial charge in [0.05, 0.1) is 12.3 Å². The Morgan fingerprint density at radius 1 is 1.31 bits per heavy atom. The van der Waals surface area contributed by atoms with Gasteiger partial charge in [0.25, 0.3) is 0 Å². The SMILES string of the molecule is CCCC(c1ccccc1)P(=O)(O)OCC. The number of rotatable bonds is 6. The van der Waals surface area contributed by atoms with E-state index in [0.717, 1.165) is 12.0 Å². The average molecular weight is 242 g/mol. The fourth-order valence-corrected chi connectivity index (χ4v) is 3.43. The predicted molar refractivity (Wildman–Crippen MR) is 65.5 cm³/mol. The van der Waals surface area contributed by atoms with Crippen LogP contribution in [0.3, 0.4) is 0 Å². The smallest absolute Gasteiger partial charge is 0.324 e. The monoisotopic (exact) mass is 242 g/mol. The normalized spacial score (nSPS) is 16.7. The highest BCUT2D eigenvalue weighted by molar-refractivity contribution is 7.53. The second-order valence-corrected chi connectivity index (χ2v) is 5.71. The van der Waals surface area contributed by atoms with E-state index in [9.17, 15) is 9.46 Å². The fraction of sp³-hybridized carbons (Fsp3) is 0.500. The minimum Gasteiger partial charge on any atom is -0.324 e. The second-order valence-electron chi connectivity index (χ2n) is 3.70. The summed E-state index contributed by atoms with van der Waals surface area (Å²) >= 11 is 0. The summed E-state index contributed by atoms with van der Waals surface area (Å²) in [6.45, 7) is 4.00. The van der Waals surface area contributed by atoms with Crippen LogP contribution in [0.5, 0.6) is 0 Å². The first-order chi connectivity index (χ1) is 7.61. The molecule has 0 aliphatic carbocycles. The molecule has 0 amide bonds. The van der Waals surface area contributed by atoms with Gasteiger partial charge in [-0.2, -0.15) is 0 Å². The van der Waals surface area contributed by atoms with Gasteiger partial charge in [-0.1, -0.05) is 43.7 Å². The highest BCUT2D eigenvalue weighted by Crippen LogP contribution is 2.58. The minimum absolute atomic E-state index is 0.265. The van der Waals surface area contributed by atoms with Crippen LogP contribution in [-0.4, -0.2) is 11.5 Å². The molecule has 0 heterocycles. The Hall–Kier alpha value is -0.630. The molecule has 0 fully saturated rings. The van der Waals surface area contributed by atoms with E-state index in [2.05, 4.69) is 0 Å². The lowest BCUT2D eigenvalue weighted by Gasteiger charge is -2.22. The Labute approximate surface area is 97.0 Å². The maximum Gasteiger partial charge on any atom is 0.335 e. The Morgan fingerprint density at radius 2 is 1.94 bits per heavy atom. The fourth-order valence-electron chi connectivity index (χ4n) is 1.74. The molecule has 0 spiro atoms. The van der Waals surface area contributed by atoms with E-state index in [0.29, 0.717) is 6.42 Å². The van der Waals surface area contributed by atoms with Crippen LogP contribution in [0.2, 0.25) is 0 Å². The Kier molecular flexibility index (Phi) is 5.20. The molecule has 16 heavy (non-hydrogen) atoms. The Bertz CT molecular complexity index is 351. The Morgan fingerprint density at radius 3 is 2.44 bits per heavy atom. The molecule has 90 valence electrons. The zero-order chi connectivity index (χ0) is 12.0. The molecule has 4 heteroatoms. The van der Waals surface area contributed by atoms with Crippen molar-refractivity contribution in [3.05, 3.63) is 35.9 Å². The molecule has 1 rings (SSSR count). The van der Waals surface area contributed by atoms with Crippen LogP contribution in [0.25, 0.3) is 0 Å². The summed E-state index contributed by atoms with van der Waals surface area (Å²) in [5.41, 5.74) is 0.474. The summed E-state index contributed by atoms with van der Waals surface area (Å²) < 4.78 is 17.0. The standard InChI is InChI=1S/C12H19O3P/c1-3-8-12(16(13,14)15-4-2)11-9-6-5-7-10-11/h5-7,9-10,12H,3-4,8H2,1-2H3,(H,13,14). The lowest BCUT2D eigenvalue weighted by molar-refractivity contribution is 0.262. The molecule has 0 radical (unpaired) electrons. The van der Waals surface area contributed by atoms with Gasteiger partial charge < -0.3 is 9.42 Å².